The number of aromatic carboxylic acids is 1. The summed E-state index contributed by atoms with van der Waals surface area (Å²) in [4.78, 5) is 22.0. The Hall–Kier alpha value is -2.20. The lowest BCUT2D eigenvalue weighted by atomic mass is 10.2. The third-order valence-corrected chi connectivity index (χ3v) is 7.27. The Bertz CT molecular complexity index is 995. The number of sulfone groups is 1. The average molecular weight is 380 g/mol. The molecule has 26 heavy (non-hydrogen) atoms. The van der Waals surface area contributed by atoms with Crippen LogP contribution in [-0.2, 0) is 19.3 Å². The normalized spacial score (nSPS) is 22.5. The lowest BCUT2D eigenvalue weighted by molar-refractivity contribution is 0.0693. The van der Waals surface area contributed by atoms with Gasteiger partial charge in [-0.2, -0.15) is 0 Å². The van der Waals surface area contributed by atoms with Gasteiger partial charge in [0, 0.05) is 18.9 Å². The van der Waals surface area contributed by atoms with Gasteiger partial charge in [0.15, 0.2) is 21.2 Å². The number of anilines is 1. The van der Waals surface area contributed by atoms with Gasteiger partial charge in [0.25, 0.3) is 0 Å². The molecule has 1 N–H and O–H groups in total. The molecule has 0 spiro atoms. The van der Waals surface area contributed by atoms with Crippen molar-refractivity contribution in [3.8, 4) is 0 Å². The second kappa shape index (κ2) is 5.65. The van der Waals surface area contributed by atoms with Crippen molar-refractivity contribution in [2.24, 2.45) is 0 Å². The zero-order valence-electron chi connectivity index (χ0n) is 14.5. The number of imidazole rings is 1. The first-order valence-electron chi connectivity index (χ1n) is 8.40. The van der Waals surface area contributed by atoms with Crippen molar-refractivity contribution in [1.82, 2.24) is 14.4 Å². The van der Waals surface area contributed by atoms with E-state index < -0.39 is 20.6 Å². The highest BCUT2D eigenvalue weighted by molar-refractivity contribution is 7.91. The first kappa shape index (κ1) is 17.2. The standard InChI is InChI=1S/C16H20N4O5S/c1-10-8-25-6-5-19(10)12-7-11(16(3-4-16)26(2,23)24)20-9-17-13(15(21)22)14(20)18-12/h7,9-10H,3-6,8H2,1-2H3,(H,21,22)/t10-/m1/s1. The number of carboxylic acid groups (broad SMARTS) is 1. The number of carbonyl (C=O) groups is 1. The maximum atomic E-state index is 12.4. The van der Waals surface area contributed by atoms with Crippen LogP contribution in [0.3, 0.4) is 0 Å². The van der Waals surface area contributed by atoms with E-state index in [2.05, 4.69) is 9.97 Å². The summed E-state index contributed by atoms with van der Waals surface area (Å²) in [6, 6.07) is 1.81. The molecule has 3 heterocycles. The molecule has 0 unspecified atom stereocenters. The molecule has 1 atom stereocenters. The maximum absolute atomic E-state index is 12.4. The molecule has 0 aromatic carbocycles. The number of morpholine rings is 1. The van der Waals surface area contributed by atoms with Crippen LogP contribution in [0.5, 0.6) is 0 Å². The summed E-state index contributed by atoms with van der Waals surface area (Å²) in [7, 11) is -3.37. The van der Waals surface area contributed by atoms with Crippen molar-refractivity contribution < 1.29 is 23.1 Å². The van der Waals surface area contributed by atoms with Crippen LogP contribution >= 0.6 is 0 Å². The smallest absolute Gasteiger partial charge is 0.358 e. The Labute approximate surface area is 150 Å². The van der Waals surface area contributed by atoms with Crippen molar-refractivity contribution in [1.29, 1.82) is 0 Å². The van der Waals surface area contributed by atoms with Crippen LogP contribution in [0.1, 0.15) is 35.9 Å². The van der Waals surface area contributed by atoms with Gasteiger partial charge in [0.05, 0.1) is 24.9 Å². The van der Waals surface area contributed by atoms with Crippen LogP contribution in [0, 0.1) is 0 Å². The van der Waals surface area contributed by atoms with Crippen LogP contribution in [0.25, 0.3) is 5.65 Å². The van der Waals surface area contributed by atoms with Crippen molar-refractivity contribution in [3.63, 3.8) is 0 Å². The van der Waals surface area contributed by atoms with E-state index in [0.29, 0.717) is 44.1 Å². The summed E-state index contributed by atoms with van der Waals surface area (Å²) < 4.78 is 30.9. The van der Waals surface area contributed by atoms with Gasteiger partial charge in [-0.3, -0.25) is 4.40 Å². The highest BCUT2D eigenvalue weighted by Crippen LogP contribution is 2.52. The van der Waals surface area contributed by atoms with Gasteiger partial charge < -0.3 is 14.7 Å². The molecular weight excluding hydrogens is 360 g/mol. The summed E-state index contributed by atoms with van der Waals surface area (Å²) in [6.07, 6.45) is 3.57. The number of carboxylic acids is 1. The molecule has 1 saturated heterocycles. The van der Waals surface area contributed by atoms with Crippen molar-refractivity contribution in [2.75, 3.05) is 30.9 Å². The summed E-state index contributed by atoms with van der Waals surface area (Å²) >= 11 is 0. The van der Waals surface area contributed by atoms with E-state index in [1.807, 2.05) is 11.8 Å². The fourth-order valence-electron chi connectivity index (χ4n) is 3.60. The highest BCUT2D eigenvalue weighted by Gasteiger charge is 2.55. The van der Waals surface area contributed by atoms with Crippen LogP contribution in [0.4, 0.5) is 5.82 Å². The number of fused-ring (bicyclic) bond motifs is 1. The van der Waals surface area contributed by atoms with Gasteiger partial charge in [-0.05, 0) is 19.8 Å². The lowest BCUT2D eigenvalue weighted by Crippen LogP contribution is -2.44. The molecule has 9 nitrogen and oxygen atoms in total. The molecule has 1 aliphatic heterocycles. The summed E-state index contributed by atoms with van der Waals surface area (Å²) in [5.74, 6) is -0.636. The molecule has 0 radical (unpaired) electrons. The molecule has 1 aliphatic carbocycles. The Kier molecular flexibility index (Phi) is 3.74. The van der Waals surface area contributed by atoms with E-state index in [9.17, 15) is 18.3 Å². The third-order valence-electron chi connectivity index (χ3n) is 5.23. The number of rotatable bonds is 4. The quantitative estimate of drug-likeness (QED) is 0.824. The number of ether oxygens (including phenoxy) is 1. The fourth-order valence-corrected chi connectivity index (χ4v) is 4.99. The zero-order chi connectivity index (χ0) is 18.7. The minimum Gasteiger partial charge on any atom is -0.476 e. The van der Waals surface area contributed by atoms with Crippen molar-refractivity contribution in [3.05, 3.63) is 23.8 Å². The minimum atomic E-state index is -3.37. The summed E-state index contributed by atoms with van der Waals surface area (Å²) in [5, 5.41) is 9.43. The van der Waals surface area contributed by atoms with E-state index in [4.69, 9.17) is 4.74 Å². The van der Waals surface area contributed by atoms with Gasteiger partial charge in [0.1, 0.15) is 16.9 Å². The number of aromatic nitrogens is 3. The SMILES string of the molecule is C[C@@H]1COCCN1c1cc(C2(S(C)(=O)=O)CC2)n2cnc(C(=O)O)c2n1. The Morgan fingerprint density at radius 3 is 2.73 bits per heavy atom. The van der Waals surface area contributed by atoms with Crippen LogP contribution in [-0.4, -0.2) is 65.9 Å². The predicted molar refractivity (Wildman–Crippen MR) is 93.3 cm³/mol. The van der Waals surface area contributed by atoms with E-state index in [-0.39, 0.29) is 17.4 Å². The molecule has 0 bridgehead atoms. The largest absolute Gasteiger partial charge is 0.476 e. The lowest BCUT2D eigenvalue weighted by Gasteiger charge is -2.34. The van der Waals surface area contributed by atoms with Crippen LogP contribution in [0.15, 0.2) is 12.4 Å². The second-order valence-electron chi connectivity index (χ2n) is 6.98. The molecule has 1 saturated carbocycles. The van der Waals surface area contributed by atoms with Gasteiger partial charge >= 0.3 is 5.97 Å². The predicted octanol–water partition coefficient (Wildman–Crippen LogP) is 0.686. The molecule has 4 rings (SSSR count). The fraction of sp³-hybridized carbons (Fsp3) is 0.562. The Morgan fingerprint density at radius 2 is 2.15 bits per heavy atom. The van der Waals surface area contributed by atoms with E-state index in [1.54, 1.807) is 6.07 Å². The Balaban J connectivity index is 1.97. The number of hydrogen-bond donors (Lipinski definition) is 1. The monoisotopic (exact) mass is 380 g/mol. The average Bonchev–Trinajstić information content (AvgIpc) is 3.28. The molecule has 2 fully saturated rings. The molecule has 10 heteroatoms. The van der Waals surface area contributed by atoms with E-state index >= 15 is 0 Å². The topological polar surface area (TPSA) is 114 Å². The third kappa shape index (κ3) is 2.47. The number of nitrogens with zero attached hydrogens (tertiary/aromatic N) is 4. The molecule has 0 amide bonds. The van der Waals surface area contributed by atoms with E-state index in [0.717, 1.165) is 0 Å². The zero-order valence-corrected chi connectivity index (χ0v) is 15.4. The highest BCUT2D eigenvalue weighted by atomic mass is 32.2. The molecule has 140 valence electrons. The maximum Gasteiger partial charge on any atom is 0.358 e. The number of hydrogen-bond acceptors (Lipinski definition) is 7. The van der Waals surface area contributed by atoms with Crippen LogP contribution in [0.2, 0.25) is 0 Å². The molecule has 2 aliphatic rings. The van der Waals surface area contributed by atoms with Gasteiger partial charge in [-0.25, -0.2) is 23.2 Å². The first-order valence-corrected chi connectivity index (χ1v) is 10.3. The van der Waals surface area contributed by atoms with Crippen LogP contribution < -0.4 is 4.90 Å². The van der Waals surface area contributed by atoms with Gasteiger partial charge in [-0.15, -0.1) is 0 Å². The Morgan fingerprint density at radius 1 is 1.42 bits per heavy atom. The van der Waals surface area contributed by atoms with Gasteiger partial charge in [-0.1, -0.05) is 0 Å². The summed E-state index contributed by atoms with van der Waals surface area (Å²) in [5.41, 5.74) is 0.510. The molecular formula is C16H20N4O5S. The van der Waals surface area contributed by atoms with E-state index in [1.165, 1.54) is 17.0 Å². The first-order chi connectivity index (χ1) is 12.2. The van der Waals surface area contributed by atoms with Gasteiger partial charge in [0.2, 0.25) is 0 Å². The minimum absolute atomic E-state index is 0.0520. The summed E-state index contributed by atoms with van der Waals surface area (Å²) in [6.45, 7) is 3.66. The van der Waals surface area contributed by atoms with Crippen molar-refractivity contribution in [2.45, 2.75) is 30.6 Å². The second-order valence-corrected chi connectivity index (χ2v) is 9.30. The van der Waals surface area contributed by atoms with Crippen molar-refractivity contribution >= 4 is 27.3 Å². The molecule has 2 aromatic heterocycles. The molecule has 2 aromatic rings.